The van der Waals surface area contributed by atoms with Crippen LogP contribution in [0.4, 0.5) is 13.2 Å². The van der Waals surface area contributed by atoms with Gasteiger partial charge in [-0.3, -0.25) is 4.90 Å². The first-order valence-corrected chi connectivity index (χ1v) is 8.85. The van der Waals surface area contributed by atoms with Gasteiger partial charge in [-0.15, -0.1) is 38.0 Å². The van der Waals surface area contributed by atoms with E-state index >= 15 is 0 Å². The average Bonchev–Trinajstić information content (AvgIpc) is 2.60. The van der Waals surface area contributed by atoms with Gasteiger partial charge in [0, 0.05) is 26.2 Å². The lowest BCUT2D eigenvalue weighted by Crippen LogP contribution is -2.45. The zero-order valence-corrected chi connectivity index (χ0v) is 17.7. The van der Waals surface area contributed by atoms with Crippen molar-refractivity contribution >= 4 is 48.0 Å². The van der Waals surface area contributed by atoms with Gasteiger partial charge in [0.2, 0.25) is 0 Å². The van der Waals surface area contributed by atoms with Crippen LogP contribution in [-0.2, 0) is 0 Å². The zero-order chi connectivity index (χ0) is 18.7. The highest BCUT2D eigenvalue weighted by molar-refractivity contribution is 6.42. The van der Waals surface area contributed by atoms with Crippen molar-refractivity contribution in [3.05, 3.63) is 63.6 Å². The third-order valence-corrected chi connectivity index (χ3v) is 5.06. The smallest absolute Gasteiger partial charge is 0.406 e. The van der Waals surface area contributed by atoms with Crippen molar-refractivity contribution in [2.45, 2.75) is 12.4 Å². The molecule has 0 saturated carbocycles. The number of nitrogens with one attached hydrogen (secondary N) is 1. The molecule has 0 unspecified atom stereocenters. The molecule has 2 aromatic carbocycles. The van der Waals surface area contributed by atoms with E-state index < -0.39 is 6.36 Å². The molecule has 1 atom stereocenters. The summed E-state index contributed by atoms with van der Waals surface area (Å²) in [4.78, 5) is 2.23. The molecule has 0 spiro atoms. The Morgan fingerprint density at radius 1 is 0.964 bits per heavy atom. The van der Waals surface area contributed by atoms with E-state index in [-0.39, 0.29) is 36.6 Å². The second-order valence-corrected chi connectivity index (χ2v) is 6.73. The molecule has 1 aliphatic rings. The van der Waals surface area contributed by atoms with Gasteiger partial charge in [-0.2, -0.15) is 0 Å². The van der Waals surface area contributed by atoms with Gasteiger partial charge in [0.15, 0.2) is 0 Å². The SMILES string of the molecule is Cl.Cl.FC(F)(F)Oc1ccc([C@H](c2cccc(Cl)c2Cl)N2CCNCC2)cc1. The predicted molar refractivity (Wildman–Crippen MR) is 110 cm³/mol. The van der Waals surface area contributed by atoms with E-state index in [4.69, 9.17) is 23.2 Å². The molecule has 0 aliphatic carbocycles. The monoisotopic (exact) mass is 476 g/mol. The number of piperazine rings is 1. The van der Waals surface area contributed by atoms with Gasteiger partial charge in [-0.1, -0.05) is 47.5 Å². The Bertz CT molecular complexity index is 753. The quantitative estimate of drug-likeness (QED) is 0.608. The second kappa shape index (κ2) is 10.8. The Morgan fingerprint density at radius 3 is 2.14 bits per heavy atom. The Labute approximate surface area is 184 Å². The summed E-state index contributed by atoms with van der Waals surface area (Å²) >= 11 is 12.6. The van der Waals surface area contributed by atoms with Crippen LogP contribution in [0.3, 0.4) is 0 Å². The summed E-state index contributed by atoms with van der Waals surface area (Å²) in [6, 6.07) is 11.1. The van der Waals surface area contributed by atoms with Crippen LogP contribution < -0.4 is 10.1 Å². The Balaban J connectivity index is 0.00000196. The van der Waals surface area contributed by atoms with Crippen LogP contribution in [-0.4, -0.2) is 37.4 Å². The minimum Gasteiger partial charge on any atom is -0.406 e. The number of rotatable bonds is 4. The van der Waals surface area contributed by atoms with Gasteiger partial charge < -0.3 is 10.1 Å². The molecular formula is C18H19Cl4F3N2O. The number of ether oxygens (including phenoxy) is 1. The minimum absolute atomic E-state index is 0. The van der Waals surface area contributed by atoms with Crippen molar-refractivity contribution in [2.24, 2.45) is 0 Å². The first-order valence-electron chi connectivity index (χ1n) is 8.09. The van der Waals surface area contributed by atoms with Gasteiger partial charge in [-0.05, 0) is 29.3 Å². The Kier molecular flexibility index (Phi) is 9.67. The number of benzene rings is 2. The van der Waals surface area contributed by atoms with Crippen molar-refractivity contribution in [3.8, 4) is 5.75 Å². The first-order chi connectivity index (χ1) is 12.3. The molecule has 3 nitrogen and oxygen atoms in total. The molecule has 2 aromatic rings. The molecule has 1 fully saturated rings. The van der Waals surface area contributed by atoms with E-state index in [1.54, 1.807) is 18.2 Å². The van der Waals surface area contributed by atoms with Crippen molar-refractivity contribution < 1.29 is 17.9 Å². The maximum Gasteiger partial charge on any atom is 0.573 e. The molecule has 0 bridgehead atoms. The van der Waals surface area contributed by atoms with Gasteiger partial charge in [0.25, 0.3) is 0 Å². The van der Waals surface area contributed by atoms with Crippen LogP contribution in [0.15, 0.2) is 42.5 Å². The number of halogens is 7. The maximum absolute atomic E-state index is 12.4. The van der Waals surface area contributed by atoms with Crippen molar-refractivity contribution in [2.75, 3.05) is 26.2 Å². The van der Waals surface area contributed by atoms with E-state index in [1.807, 2.05) is 12.1 Å². The highest BCUT2D eigenvalue weighted by atomic mass is 35.5. The molecule has 3 rings (SSSR count). The molecule has 0 amide bonds. The normalized spacial score (nSPS) is 15.9. The largest absolute Gasteiger partial charge is 0.573 e. The van der Waals surface area contributed by atoms with E-state index in [0.29, 0.717) is 10.0 Å². The molecule has 1 N–H and O–H groups in total. The fourth-order valence-corrected chi connectivity index (χ4v) is 3.52. The summed E-state index contributed by atoms with van der Waals surface area (Å²) in [6.45, 7) is 3.22. The molecule has 1 aliphatic heterocycles. The van der Waals surface area contributed by atoms with Gasteiger partial charge >= 0.3 is 6.36 Å². The third-order valence-electron chi connectivity index (χ3n) is 4.22. The van der Waals surface area contributed by atoms with Crippen LogP contribution in [0.1, 0.15) is 17.2 Å². The topological polar surface area (TPSA) is 24.5 Å². The van der Waals surface area contributed by atoms with E-state index in [9.17, 15) is 13.2 Å². The molecule has 0 aromatic heterocycles. The molecular weight excluding hydrogens is 459 g/mol. The van der Waals surface area contributed by atoms with Crippen molar-refractivity contribution in [1.29, 1.82) is 0 Å². The molecule has 156 valence electrons. The van der Waals surface area contributed by atoms with Gasteiger partial charge in [0.05, 0.1) is 16.1 Å². The van der Waals surface area contributed by atoms with Crippen molar-refractivity contribution in [3.63, 3.8) is 0 Å². The standard InChI is InChI=1S/C18H17Cl2F3N2O.2ClH/c19-15-3-1-2-14(16(15)20)17(25-10-8-24-9-11-25)12-4-6-13(7-5-12)26-18(21,22)23;;/h1-7,17,24H,8-11H2;2*1H/t17-;;/m1../s1. The van der Waals surface area contributed by atoms with Crippen LogP contribution in [0.5, 0.6) is 5.75 Å². The Hall–Kier alpha value is -0.890. The highest BCUT2D eigenvalue weighted by Gasteiger charge is 2.31. The fraction of sp³-hybridized carbons (Fsp3) is 0.333. The predicted octanol–water partition coefficient (Wildman–Crippen LogP) is 5.73. The average molecular weight is 478 g/mol. The molecule has 1 saturated heterocycles. The molecule has 0 radical (unpaired) electrons. The molecule has 28 heavy (non-hydrogen) atoms. The zero-order valence-electron chi connectivity index (χ0n) is 14.5. The first kappa shape index (κ1) is 25.1. The van der Waals surface area contributed by atoms with Gasteiger partial charge in [-0.25, -0.2) is 0 Å². The van der Waals surface area contributed by atoms with Crippen LogP contribution in [0.2, 0.25) is 10.0 Å². The number of alkyl halides is 3. The number of hydrogen-bond donors (Lipinski definition) is 1. The number of hydrogen-bond acceptors (Lipinski definition) is 3. The minimum atomic E-state index is -4.71. The molecule has 1 heterocycles. The fourth-order valence-electron chi connectivity index (χ4n) is 3.11. The number of nitrogens with zero attached hydrogens (tertiary/aromatic N) is 1. The van der Waals surface area contributed by atoms with Gasteiger partial charge in [0.1, 0.15) is 5.75 Å². The van der Waals surface area contributed by atoms with Crippen LogP contribution >= 0.6 is 48.0 Å². The van der Waals surface area contributed by atoms with E-state index in [0.717, 1.165) is 37.3 Å². The van der Waals surface area contributed by atoms with E-state index in [2.05, 4.69) is 15.0 Å². The van der Waals surface area contributed by atoms with Crippen LogP contribution in [0, 0.1) is 0 Å². The maximum atomic E-state index is 12.4. The summed E-state index contributed by atoms with van der Waals surface area (Å²) < 4.78 is 41.1. The molecule has 10 heteroatoms. The summed E-state index contributed by atoms with van der Waals surface area (Å²) in [5.74, 6) is -0.252. The lowest BCUT2D eigenvalue weighted by atomic mass is 9.96. The van der Waals surface area contributed by atoms with E-state index in [1.165, 1.54) is 12.1 Å². The summed E-state index contributed by atoms with van der Waals surface area (Å²) in [7, 11) is 0. The lowest BCUT2D eigenvalue weighted by Gasteiger charge is -2.36. The Morgan fingerprint density at radius 2 is 1.57 bits per heavy atom. The second-order valence-electron chi connectivity index (χ2n) is 5.95. The van der Waals surface area contributed by atoms with Crippen molar-refractivity contribution in [1.82, 2.24) is 10.2 Å². The van der Waals surface area contributed by atoms with Crippen LogP contribution in [0.25, 0.3) is 0 Å². The highest BCUT2D eigenvalue weighted by Crippen LogP contribution is 2.37. The summed E-state index contributed by atoms with van der Waals surface area (Å²) in [5.41, 5.74) is 1.65. The lowest BCUT2D eigenvalue weighted by molar-refractivity contribution is -0.274. The summed E-state index contributed by atoms with van der Waals surface area (Å²) in [5, 5.41) is 4.19. The third kappa shape index (κ3) is 6.31. The summed E-state index contributed by atoms with van der Waals surface area (Å²) in [6.07, 6.45) is -4.71.